The fraction of sp³-hybridized carbons (Fsp3) is 0.400. The van der Waals surface area contributed by atoms with Crippen LogP contribution >= 0.6 is 0 Å². The normalized spacial score (nSPS) is 12.5. The van der Waals surface area contributed by atoms with Gasteiger partial charge in [0.15, 0.2) is 11.5 Å². The minimum Gasteiger partial charge on any atom is -0.504 e. The number of ether oxygens (including phenoxy) is 1. The molecule has 0 saturated heterocycles. The average Bonchev–Trinajstić information content (AvgIpc) is 2.17. The van der Waals surface area contributed by atoms with Gasteiger partial charge in [-0.1, -0.05) is 13.0 Å². The van der Waals surface area contributed by atoms with E-state index in [0.717, 1.165) is 5.56 Å². The lowest BCUT2D eigenvalue weighted by Crippen LogP contribution is -2.08. The highest BCUT2D eigenvalue weighted by molar-refractivity contribution is 5.42. The molecule has 1 aromatic carbocycles. The maximum atomic E-state index is 9.33. The van der Waals surface area contributed by atoms with Crippen LogP contribution in [0, 0.1) is 0 Å². The van der Waals surface area contributed by atoms with Crippen molar-refractivity contribution in [2.75, 3.05) is 13.7 Å². The highest BCUT2D eigenvalue weighted by Crippen LogP contribution is 2.28. The zero-order valence-corrected chi connectivity index (χ0v) is 7.95. The van der Waals surface area contributed by atoms with E-state index in [9.17, 15) is 5.11 Å². The van der Waals surface area contributed by atoms with Crippen molar-refractivity contribution in [2.24, 2.45) is 5.73 Å². The monoisotopic (exact) mass is 181 g/mol. The Balaban J connectivity index is 2.99. The Morgan fingerprint density at radius 1 is 1.54 bits per heavy atom. The van der Waals surface area contributed by atoms with E-state index < -0.39 is 0 Å². The number of rotatable bonds is 3. The van der Waals surface area contributed by atoms with Gasteiger partial charge in [-0.25, -0.2) is 0 Å². The zero-order chi connectivity index (χ0) is 9.84. The first-order valence-corrected chi connectivity index (χ1v) is 4.26. The molecular weight excluding hydrogens is 166 g/mol. The zero-order valence-electron chi connectivity index (χ0n) is 7.95. The lowest BCUT2D eigenvalue weighted by molar-refractivity contribution is 0.372. The minimum atomic E-state index is 0.162. The Morgan fingerprint density at radius 2 is 2.23 bits per heavy atom. The van der Waals surface area contributed by atoms with Crippen LogP contribution in [-0.4, -0.2) is 18.8 Å². The Morgan fingerprint density at radius 3 is 2.77 bits per heavy atom. The summed E-state index contributed by atoms with van der Waals surface area (Å²) in [6, 6.07) is 5.29. The van der Waals surface area contributed by atoms with Crippen molar-refractivity contribution in [2.45, 2.75) is 12.8 Å². The first-order valence-electron chi connectivity index (χ1n) is 4.26. The van der Waals surface area contributed by atoms with Crippen LogP contribution in [0.5, 0.6) is 11.5 Å². The van der Waals surface area contributed by atoms with Crippen LogP contribution in [0.1, 0.15) is 18.4 Å². The summed E-state index contributed by atoms with van der Waals surface area (Å²) in [6.07, 6.45) is 0. The molecule has 3 nitrogen and oxygen atoms in total. The van der Waals surface area contributed by atoms with E-state index in [0.29, 0.717) is 12.3 Å². The van der Waals surface area contributed by atoms with Gasteiger partial charge in [-0.2, -0.15) is 0 Å². The first-order chi connectivity index (χ1) is 6.19. The smallest absolute Gasteiger partial charge is 0.160 e. The van der Waals surface area contributed by atoms with E-state index in [1.54, 1.807) is 6.07 Å². The molecule has 0 heterocycles. The summed E-state index contributed by atoms with van der Waals surface area (Å²) in [5.41, 5.74) is 6.61. The summed E-state index contributed by atoms with van der Waals surface area (Å²) < 4.78 is 4.99. The van der Waals surface area contributed by atoms with Gasteiger partial charge < -0.3 is 15.6 Å². The quantitative estimate of drug-likeness (QED) is 0.742. The van der Waals surface area contributed by atoms with Gasteiger partial charge in [0.1, 0.15) is 0 Å². The van der Waals surface area contributed by atoms with Crippen molar-refractivity contribution in [3.8, 4) is 11.5 Å². The highest BCUT2D eigenvalue weighted by Gasteiger charge is 2.07. The molecule has 0 spiro atoms. The van der Waals surface area contributed by atoms with Crippen LogP contribution in [0.15, 0.2) is 18.2 Å². The van der Waals surface area contributed by atoms with Crippen molar-refractivity contribution in [3.05, 3.63) is 23.8 Å². The third kappa shape index (κ3) is 2.12. The third-order valence-corrected chi connectivity index (χ3v) is 2.13. The topological polar surface area (TPSA) is 55.5 Å². The molecule has 0 fully saturated rings. The second kappa shape index (κ2) is 4.14. The highest BCUT2D eigenvalue weighted by atomic mass is 16.5. The molecule has 1 unspecified atom stereocenters. The van der Waals surface area contributed by atoms with Crippen LogP contribution in [0.2, 0.25) is 0 Å². The molecule has 0 amide bonds. The number of hydrogen-bond donors (Lipinski definition) is 2. The minimum absolute atomic E-state index is 0.162. The molecule has 3 N–H and O–H groups in total. The Kier molecular flexibility index (Phi) is 3.14. The summed E-state index contributed by atoms with van der Waals surface area (Å²) >= 11 is 0. The van der Waals surface area contributed by atoms with E-state index in [1.165, 1.54) is 7.11 Å². The number of benzene rings is 1. The number of phenols is 1. The van der Waals surface area contributed by atoms with Crippen molar-refractivity contribution in [1.82, 2.24) is 0 Å². The predicted molar refractivity (Wildman–Crippen MR) is 52.1 cm³/mol. The number of aromatic hydroxyl groups is 1. The molecule has 1 rings (SSSR count). The summed E-state index contributed by atoms with van der Waals surface area (Å²) in [6.45, 7) is 2.62. The predicted octanol–water partition coefficient (Wildman–Crippen LogP) is 1.46. The Hall–Kier alpha value is -1.22. The summed E-state index contributed by atoms with van der Waals surface area (Å²) in [7, 11) is 1.53. The average molecular weight is 181 g/mol. The van der Waals surface area contributed by atoms with Crippen molar-refractivity contribution in [1.29, 1.82) is 0 Å². The molecule has 72 valence electrons. The molecule has 0 aliphatic carbocycles. The SMILES string of the molecule is COc1cc(C(C)CN)ccc1O. The maximum Gasteiger partial charge on any atom is 0.160 e. The summed E-state index contributed by atoms with van der Waals surface area (Å²) in [5.74, 6) is 0.947. The molecule has 1 atom stereocenters. The fourth-order valence-electron chi connectivity index (χ4n) is 1.14. The number of nitrogens with two attached hydrogens (primary N) is 1. The molecular formula is C10H15NO2. The largest absolute Gasteiger partial charge is 0.504 e. The molecule has 3 heteroatoms. The molecule has 13 heavy (non-hydrogen) atoms. The summed E-state index contributed by atoms with van der Waals surface area (Å²) in [4.78, 5) is 0. The maximum absolute atomic E-state index is 9.33. The van der Waals surface area contributed by atoms with E-state index in [-0.39, 0.29) is 11.7 Å². The van der Waals surface area contributed by atoms with Gasteiger partial charge >= 0.3 is 0 Å². The van der Waals surface area contributed by atoms with Crippen molar-refractivity contribution >= 4 is 0 Å². The van der Waals surface area contributed by atoms with Gasteiger partial charge in [-0.05, 0) is 30.2 Å². The van der Waals surface area contributed by atoms with Crippen LogP contribution in [0.4, 0.5) is 0 Å². The van der Waals surface area contributed by atoms with Gasteiger partial charge in [0, 0.05) is 0 Å². The molecule has 0 radical (unpaired) electrons. The molecule has 0 bridgehead atoms. The first kappa shape index (κ1) is 9.86. The van der Waals surface area contributed by atoms with Gasteiger partial charge in [-0.15, -0.1) is 0 Å². The van der Waals surface area contributed by atoms with Crippen LogP contribution in [0.3, 0.4) is 0 Å². The van der Waals surface area contributed by atoms with Crippen molar-refractivity contribution in [3.63, 3.8) is 0 Å². The fourth-order valence-corrected chi connectivity index (χ4v) is 1.14. The van der Waals surface area contributed by atoms with E-state index >= 15 is 0 Å². The second-order valence-electron chi connectivity index (χ2n) is 3.07. The van der Waals surface area contributed by atoms with Gasteiger partial charge in [0.05, 0.1) is 7.11 Å². The molecule has 0 aliphatic heterocycles. The van der Waals surface area contributed by atoms with Crippen LogP contribution in [-0.2, 0) is 0 Å². The second-order valence-corrected chi connectivity index (χ2v) is 3.07. The number of phenolic OH excluding ortho intramolecular Hbond substituents is 1. The molecule has 1 aromatic rings. The van der Waals surface area contributed by atoms with Crippen molar-refractivity contribution < 1.29 is 9.84 Å². The number of hydrogen-bond acceptors (Lipinski definition) is 3. The summed E-state index contributed by atoms with van der Waals surface area (Å²) in [5, 5.41) is 9.33. The van der Waals surface area contributed by atoms with Gasteiger partial charge in [-0.3, -0.25) is 0 Å². The third-order valence-electron chi connectivity index (χ3n) is 2.13. The molecule has 0 saturated carbocycles. The van der Waals surface area contributed by atoms with E-state index in [1.807, 2.05) is 19.1 Å². The van der Waals surface area contributed by atoms with E-state index in [2.05, 4.69) is 0 Å². The van der Waals surface area contributed by atoms with Gasteiger partial charge in [0.2, 0.25) is 0 Å². The van der Waals surface area contributed by atoms with Gasteiger partial charge in [0.25, 0.3) is 0 Å². The van der Waals surface area contributed by atoms with Crippen LogP contribution < -0.4 is 10.5 Å². The standard InChI is InChI=1S/C10H15NO2/c1-7(6-11)8-3-4-9(12)10(5-8)13-2/h3-5,7,12H,6,11H2,1-2H3. The Bertz CT molecular complexity index is 286. The molecule has 0 aromatic heterocycles. The van der Waals surface area contributed by atoms with E-state index in [4.69, 9.17) is 10.5 Å². The Labute approximate surface area is 78.1 Å². The lowest BCUT2D eigenvalue weighted by atomic mass is 10.0. The number of methoxy groups -OCH3 is 1. The molecule has 0 aliphatic rings. The lowest BCUT2D eigenvalue weighted by Gasteiger charge is -2.11. The van der Waals surface area contributed by atoms with Crippen LogP contribution in [0.25, 0.3) is 0 Å².